The van der Waals surface area contributed by atoms with Crippen molar-refractivity contribution in [1.29, 1.82) is 0 Å². The predicted molar refractivity (Wildman–Crippen MR) is 124 cm³/mol. The summed E-state index contributed by atoms with van der Waals surface area (Å²) < 4.78 is 27.9. The Labute approximate surface area is 190 Å². The summed E-state index contributed by atoms with van der Waals surface area (Å²) in [6.45, 7) is 1.83. The van der Waals surface area contributed by atoms with E-state index in [1.807, 2.05) is 6.07 Å². The van der Waals surface area contributed by atoms with E-state index >= 15 is 0 Å². The standard InChI is InChI=1S/C22H21ClN6O2S/c23-19-14-25-22(27-28-12-5-2-6-13-28)26-20(19)18-15-29(21-17(18)10-7-11-24-21)32(30,31)16-8-3-1-4-9-16/h1,3-4,7-11,14-15H,2,5-6,12-13H2,(H,25,26,27). The van der Waals surface area contributed by atoms with Gasteiger partial charge in [0.2, 0.25) is 5.95 Å². The molecule has 1 fully saturated rings. The maximum absolute atomic E-state index is 13.3. The summed E-state index contributed by atoms with van der Waals surface area (Å²) in [5.41, 5.74) is 4.57. The molecule has 0 amide bonds. The third-order valence-electron chi connectivity index (χ3n) is 5.45. The Hall–Kier alpha value is -3.01. The van der Waals surface area contributed by atoms with E-state index in [2.05, 4.69) is 25.4 Å². The molecule has 1 aliphatic heterocycles. The highest BCUT2D eigenvalue weighted by atomic mass is 35.5. The van der Waals surface area contributed by atoms with Crippen molar-refractivity contribution in [3.8, 4) is 11.3 Å². The second kappa shape index (κ2) is 8.50. The van der Waals surface area contributed by atoms with E-state index in [1.165, 1.54) is 22.8 Å². The number of rotatable bonds is 5. The number of aromatic nitrogens is 4. The first-order valence-electron chi connectivity index (χ1n) is 10.4. The van der Waals surface area contributed by atoms with Gasteiger partial charge in [-0.3, -0.25) is 5.43 Å². The van der Waals surface area contributed by atoms with Gasteiger partial charge in [0.05, 0.1) is 21.8 Å². The van der Waals surface area contributed by atoms with Crippen LogP contribution in [0.1, 0.15) is 19.3 Å². The minimum Gasteiger partial charge on any atom is -0.287 e. The number of halogens is 1. The number of benzene rings is 1. The van der Waals surface area contributed by atoms with Crippen LogP contribution in [0.25, 0.3) is 22.3 Å². The van der Waals surface area contributed by atoms with E-state index in [1.54, 1.807) is 42.6 Å². The lowest BCUT2D eigenvalue weighted by Gasteiger charge is -2.26. The van der Waals surface area contributed by atoms with Gasteiger partial charge in [-0.15, -0.1) is 0 Å². The van der Waals surface area contributed by atoms with Gasteiger partial charge >= 0.3 is 0 Å². The monoisotopic (exact) mass is 468 g/mol. The molecule has 0 aliphatic carbocycles. The number of hydrazine groups is 1. The Bertz CT molecular complexity index is 1370. The van der Waals surface area contributed by atoms with Crippen LogP contribution in [0.5, 0.6) is 0 Å². The quantitative estimate of drug-likeness (QED) is 0.469. The molecule has 3 aromatic heterocycles. The Morgan fingerprint density at radius 1 is 0.969 bits per heavy atom. The Morgan fingerprint density at radius 2 is 1.75 bits per heavy atom. The van der Waals surface area contributed by atoms with Gasteiger partial charge in [0.1, 0.15) is 0 Å². The molecular weight excluding hydrogens is 448 g/mol. The zero-order chi connectivity index (χ0) is 22.1. The second-order valence-electron chi connectivity index (χ2n) is 7.58. The number of hydrogen-bond acceptors (Lipinski definition) is 7. The molecule has 32 heavy (non-hydrogen) atoms. The van der Waals surface area contributed by atoms with E-state index in [0.29, 0.717) is 33.3 Å². The Morgan fingerprint density at radius 3 is 2.53 bits per heavy atom. The largest absolute Gasteiger partial charge is 0.287 e. The molecule has 1 N–H and O–H groups in total. The Kier molecular flexibility index (Phi) is 5.54. The SMILES string of the molecule is O=S(=O)(c1ccccc1)n1cc(-c2nc(NN3CCCCC3)ncc2Cl)c2cccnc21. The van der Waals surface area contributed by atoms with E-state index in [0.717, 1.165) is 25.9 Å². The molecule has 0 saturated carbocycles. The molecule has 4 aromatic rings. The fraction of sp³-hybridized carbons (Fsp3) is 0.227. The van der Waals surface area contributed by atoms with Crippen LogP contribution >= 0.6 is 11.6 Å². The topological polar surface area (TPSA) is 93.0 Å². The third-order valence-corrected chi connectivity index (χ3v) is 7.39. The van der Waals surface area contributed by atoms with Gasteiger partial charge in [-0.05, 0) is 37.1 Å². The summed E-state index contributed by atoms with van der Waals surface area (Å²) in [5.74, 6) is 0.419. The highest BCUT2D eigenvalue weighted by Crippen LogP contribution is 2.35. The summed E-state index contributed by atoms with van der Waals surface area (Å²) >= 11 is 6.47. The first kappa shape index (κ1) is 20.9. The summed E-state index contributed by atoms with van der Waals surface area (Å²) in [6, 6.07) is 11.8. The van der Waals surface area contributed by atoms with Gasteiger partial charge < -0.3 is 0 Å². The van der Waals surface area contributed by atoms with Crippen LogP contribution in [-0.4, -0.2) is 45.4 Å². The van der Waals surface area contributed by atoms with Gasteiger partial charge in [0.25, 0.3) is 10.0 Å². The normalized spacial score (nSPS) is 15.2. The predicted octanol–water partition coefficient (Wildman–Crippen LogP) is 4.20. The van der Waals surface area contributed by atoms with Crippen LogP contribution in [0.15, 0.2) is 66.0 Å². The molecule has 1 aromatic carbocycles. The molecule has 0 bridgehead atoms. The van der Waals surface area contributed by atoms with Crippen LogP contribution in [0, 0.1) is 0 Å². The summed E-state index contributed by atoms with van der Waals surface area (Å²) in [5, 5.41) is 3.05. The fourth-order valence-electron chi connectivity index (χ4n) is 3.87. The summed E-state index contributed by atoms with van der Waals surface area (Å²) in [6.07, 6.45) is 8.07. The molecule has 8 nitrogen and oxygen atoms in total. The van der Waals surface area contributed by atoms with Crippen LogP contribution in [0.2, 0.25) is 5.02 Å². The van der Waals surface area contributed by atoms with Gasteiger partial charge in [0, 0.05) is 36.4 Å². The fourth-order valence-corrected chi connectivity index (χ4v) is 5.40. The van der Waals surface area contributed by atoms with Gasteiger partial charge in [-0.1, -0.05) is 36.2 Å². The molecule has 0 radical (unpaired) electrons. The van der Waals surface area contributed by atoms with Gasteiger partial charge in [-0.2, -0.15) is 0 Å². The van der Waals surface area contributed by atoms with Crippen molar-refractivity contribution in [3.63, 3.8) is 0 Å². The lowest BCUT2D eigenvalue weighted by molar-refractivity contribution is 0.271. The number of hydrogen-bond donors (Lipinski definition) is 1. The van der Waals surface area contributed by atoms with Gasteiger partial charge in [0.15, 0.2) is 5.65 Å². The van der Waals surface area contributed by atoms with Crippen molar-refractivity contribution in [2.45, 2.75) is 24.2 Å². The summed E-state index contributed by atoms with van der Waals surface area (Å²) in [4.78, 5) is 13.4. The lowest BCUT2D eigenvalue weighted by Crippen LogP contribution is -2.35. The number of nitrogens with one attached hydrogen (secondary N) is 1. The maximum atomic E-state index is 13.3. The molecule has 1 saturated heterocycles. The first-order valence-corrected chi connectivity index (χ1v) is 12.2. The zero-order valence-corrected chi connectivity index (χ0v) is 18.7. The Balaban J connectivity index is 1.62. The molecule has 0 spiro atoms. The molecule has 0 unspecified atom stereocenters. The van der Waals surface area contributed by atoms with E-state index in [4.69, 9.17) is 11.6 Å². The second-order valence-corrected chi connectivity index (χ2v) is 9.80. The number of fused-ring (bicyclic) bond motifs is 1. The van der Waals surface area contributed by atoms with Crippen LogP contribution in [0.3, 0.4) is 0 Å². The molecule has 1 aliphatic rings. The highest BCUT2D eigenvalue weighted by molar-refractivity contribution is 7.90. The van der Waals surface area contributed by atoms with Crippen molar-refractivity contribution >= 4 is 38.6 Å². The van der Waals surface area contributed by atoms with Crippen LogP contribution in [-0.2, 0) is 10.0 Å². The molecule has 4 heterocycles. The third kappa shape index (κ3) is 3.83. The number of piperidine rings is 1. The summed E-state index contributed by atoms with van der Waals surface area (Å²) in [7, 11) is -3.85. The van der Waals surface area contributed by atoms with Crippen molar-refractivity contribution in [2.24, 2.45) is 0 Å². The first-order chi connectivity index (χ1) is 15.5. The number of nitrogens with zero attached hydrogens (tertiary/aromatic N) is 5. The van der Waals surface area contributed by atoms with Crippen molar-refractivity contribution in [3.05, 3.63) is 66.1 Å². The average Bonchev–Trinajstić information content (AvgIpc) is 3.22. The molecule has 5 rings (SSSR count). The minimum absolute atomic E-state index is 0.176. The highest BCUT2D eigenvalue weighted by Gasteiger charge is 2.24. The molecule has 10 heteroatoms. The van der Waals surface area contributed by atoms with E-state index < -0.39 is 10.0 Å². The van der Waals surface area contributed by atoms with Crippen molar-refractivity contribution in [1.82, 2.24) is 23.9 Å². The maximum Gasteiger partial charge on any atom is 0.269 e. The van der Waals surface area contributed by atoms with E-state index in [-0.39, 0.29) is 4.90 Å². The number of pyridine rings is 1. The van der Waals surface area contributed by atoms with Gasteiger partial charge in [-0.25, -0.2) is 32.4 Å². The lowest BCUT2D eigenvalue weighted by atomic mass is 10.1. The number of anilines is 1. The molecule has 164 valence electrons. The van der Waals surface area contributed by atoms with Crippen LogP contribution < -0.4 is 5.43 Å². The molecule has 0 atom stereocenters. The van der Waals surface area contributed by atoms with Crippen molar-refractivity contribution < 1.29 is 8.42 Å². The smallest absolute Gasteiger partial charge is 0.269 e. The zero-order valence-electron chi connectivity index (χ0n) is 17.1. The van der Waals surface area contributed by atoms with Crippen LogP contribution in [0.4, 0.5) is 5.95 Å². The van der Waals surface area contributed by atoms with E-state index in [9.17, 15) is 8.42 Å². The average molecular weight is 469 g/mol. The van der Waals surface area contributed by atoms with Crippen molar-refractivity contribution in [2.75, 3.05) is 18.5 Å². The minimum atomic E-state index is -3.85. The molecular formula is C22H21ClN6O2S.